The average molecular weight is 347 g/mol. The second-order valence-electron chi connectivity index (χ2n) is 4.46. The Hall–Kier alpha value is -1.44. The van der Waals surface area contributed by atoms with Crippen molar-refractivity contribution in [2.75, 3.05) is 30.7 Å². The molecular formula is C14H19ClN2O4S. The first-order valence-electron chi connectivity index (χ1n) is 6.60. The van der Waals surface area contributed by atoms with Crippen LogP contribution in [-0.4, -0.2) is 43.3 Å². The summed E-state index contributed by atoms with van der Waals surface area (Å²) in [6.07, 6.45) is 0.208. The monoisotopic (exact) mass is 346 g/mol. The molecule has 0 bridgehead atoms. The predicted molar refractivity (Wildman–Crippen MR) is 88.7 cm³/mol. The van der Waals surface area contributed by atoms with E-state index in [9.17, 15) is 9.59 Å². The lowest BCUT2D eigenvalue weighted by molar-refractivity contribution is -0.141. The van der Waals surface area contributed by atoms with Crippen molar-refractivity contribution in [2.45, 2.75) is 12.5 Å². The lowest BCUT2D eigenvalue weighted by Crippen LogP contribution is -2.37. The fraction of sp³-hybridized carbons (Fsp3) is 0.429. The first-order valence-corrected chi connectivity index (χ1v) is 7.76. The SMILES string of the molecule is COC(=O)CCOc1ccc(NC(=O)C2CSCN2)cc1.Cl. The molecule has 0 aliphatic carbocycles. The highest BCUT2D eigenvalue weighted by Crippen LogP contribution is 2.17. The summed E-state index contributed by atoms with van der Waals surface area (Å²) in [4.78, 5) is 22.9. The summed E-state index contributed by atoms with van der Waals surface area (Å²) >= 11 is 1.71. The van der Waals surface area contributed by atoms with Crippen molar-refractivity contribution >= 4 is 41.7 Å². The first-order chi connectivity index (χ1) is 10.2. The number of amides is 1. The van der Waals surface area contributed by atoms with E-state index in [2.05, 4.69) is 15.4 Å². The second-order valence-corrected chi connectivity index (χ2v) is 5.49. The zero-order valence-electron chi connectivity index (χ0n) is 12.2. The van der Waals surface area contributed by atoms with Gasteiger partial charge < -0.3 is 14.8 Å². The Morgan fingerprint density at radius 3 is 2.68 bits per heavy atom. The molecule has 1 saturated heterocycles. The Kier molecular flexibility index (Phi) is 8.08. The minimum absolute atomic E-state index is 0. The molecule has 1 unspecified atom stereocenters. The van der Waals surface area contributed by atoms with E-state index in [4.69, 9.17) is 4.74 Å². The van der Waals surface area contributed by atoms with Gasteiger partial charge in [-0.3, -0.25) is 14.9 Å². The van der Waals surface area contributed by atoms with Gasteiger partial charge >= 0.3 is 5.97 Å². The molecule has 1 aliphatic rings. The molecule has 1 aromatic carbocycles. The Balaban J connectivity index is 0.00000242. The maximum Gasteiger partial charge on any atom is 0.308 e. The molecule has 2 rings (SSSR count). The number of anilines is 1. The van der Waals surface area contributed by atoms with Gasteiger partial charge in [0.05, 0.1) is 26.2 Å². The van der Waals surface area contributed by atoms with Crippen LogP contribution in [0.2, 0.25) is 0 Å². The molecule has 0 spiro atoms. The zero-order valence-corrected chi connectivity index (χ0v) is 13.8. The molecule has 0 saturated carbocycles. The van der Waals surface area contributed by atoms with E-state index >= 15 is 0 Å². The molecule has 1 amide bonds. The highest BCUT2D eigenvalue weighted by molar-refractivity contribution is 7.99. The molecule has 1 aliphatic heterocycles. The third-order valence-corrected chi connectivity index (χ3v) is 3.90. The minimum Gasteiger partial charge on any atom is -0.493 e. The number of rotatable bonds is 6. The van der Waals surface area contributed by atoms with Gasteiger partial charge in [-0.05, 0) is 24.3 Å². The number of carbonyl (C=O) groups is 2. The van der Waals surface area contributed by atoms with Crippen LogP contribution in [0.15, 0.2) is 24.3 Å². The Labute approximate surface area is 139 Å². The molecule has 22 heavy (non-hydrogen) atoms. The van der Waals surface area contributed by atoms with E-state index in [-0.39, 0.29) is 43.4 Å². The summed E-state index contributed by atoms with van der Waals surface area (Å²) in [5.41, 5.74) is 0.721. The molecule has 0 radical (unpaired) electrons. The van der Waals surface area contributed by atoms with E-state index in [1.54, 1.807) is 36.0 Å². The summed E-state index contributed by atoms with van der Waals surface area (Å²) in [5, 5.41) is 5.96. The van der Waals surface area contributed by atoms with Crippen molar-refractivity contribution in [3.8, 4) is 5.75 Å². The van der Waals surface area contributed by atoms with Crippen LogP contribution in [0.1, 0.15) is 6.42 Å². The largest absolute Gasteiger partial charge is 0.493 e. The van der Waals surface area contributed by atoms with Gasteiger partial charge in [0.2, 0.25) is 5.91 Å². The molecule has 1 fully saturated rings. The van der Waals surface area contributed by atoms with Crippen LogP contribution in [0.4, 0.5) is 5.69 Å². The third kappa shape index (κ3) is 5.75. The van der Waals surface area contributed by atoms with E-state index in [1.807, 2.05) is 0 Å². The number of ether oxygens (including phenoxy) is 2. The van der Waals surface area contributed by atoms with Gasteiger partial charge in [-0.2, -0.15) is 0 Å². The number of carbonyl (C=O) groups excluding carboxylic acids is 2. The molecule has 1 atom stereocenters. The van der Waals surface area contributed by atoms with E-state index in [0.717, 1.165) is 17.3 Å². The van der Waals surface area contributed by atoms with Gasteiger partial charge in [-0.25, -0.2) is 0 Å². The maximum atomic E-state index is 11.9. The van der Waals surface area contributed by atoms with E-state index in [0.29, 0.717) is 5.75 Å². The van der Waals surface area contributed by atoms with Gasteiger partial charge in [-0.1, -0.05) is 0 Å². The Morgan fingerprint density at radius 1 is 1.36 bits per heavy atom. The normalized spacial score (nSPS) is 16.5. The summed E-state index contributed by atoms with van der Waals surface area (Å²) in [7, 11) is 1.34. The molecule has 122 valence electrons. The lowest BCUT2D eigenvalue weighted by Gasteiger charge is -2.11. The summed E-state index contributed by atoms with van der Waals surface area (Å²) < 4.78 is 9.93. The quantitative estimate of drug-likeness (QED) is 0.763. The molecule has 1 heterocycles. The van der Waals surface area contributed by atoms with Crippen LogP contribution in [0.25, 0.3) is 0 Å². The fourth-order valence-electron chi connectivity index (χ4n) is 1.78. The lowest BCUT2D eigenvalue weighted by atomic mass is 10.2. The van der Waals surface area contributed by atoms with Gasteiger partial charge in [-0.15, -0.1) is 24.2 Å². The molecule has 2 N–H and O–H groups in total. The van der Waals surface area contributed by atoms with Crippen LogP contribution < -0.4 is 15.4 Å². The third-order valence-electron chi connectivity index (χ3n) is 2.96. The highest BCUT2D eigenvalue weighted by atomic mass is 35.5. The molecule has 8 heteroatoms. The number of nitrogens with one attached hydrogen (secondary N) is 2. The number of benzene rings is 1. The van der Waals surface area contributed by atoms with Crippen LogP contribution >= 0.6 is 24.2 Å². The topological polar surface area (TPSA) is 76.7 Å². The van der Waals surface area contributed by atoms with Crippen molar-refractivity contribution in [1.29, 1.82) is 0 Å². The Morgan fingerprint density at radius 2 is 2.09 bits per heavy atom. The number of hydrogen-bond acceptors (Lipinski definition) is 6. The van der Waals surface area contributed by atoms with Crippen molar-refractivity contribution < 1.29 is 19.1 Å². The number of halogens is 1. The number of hydrogen-bond donors (Lipinski definition) is 2. The number of methoxy groups -OCH3 is 1. The molecular weight excluding hydrogens is 328 g/mol. The molecule has 6 nitrogen and oxygen atoms in total. The number of esters is 1. The number of thioether (sulfide) groups is 1. The maximum absolute atomic E-state index is 11.9. The van der Waals surface area contributed by atoms with Gasteiger partial charge in [0, 0.05) is 17.3 Å². The standard InChI is InChI=1S/C14H18N2O4S.ClH/c1-19-13(17)6-7-20-11-4-2-10(3-5-11)16-14(18)12-8-21-9-15-12;/h2-5,12,15H,6-9H2,1H3,(H,16,18);1H. The molecule has 1 aromatic rings. The smallest absolute Gasteiger partial charge is 0.308 e. The summed E-state index contributed by atoms with van der Waals surface area (Å²) in [6, 6.07) is 6.92. The van der Waals surface area contributed by atoms with Crippen molar-refractivity contribution in [3.05, 3.63) is 24.3 Å². The summed E-state index contributed by atoms with van der Waals surface area (Å²) in [6.45, 7) is 0.265. The van der Waals surface area contributed by atoms with Crippen molar-refractivity contribution in [1.82, 2.24) is 5.32 Å². The van der Waals surface area contributed by atoms with E-state index in [1.165, 1.54) is 7.11 Å². The fourth-order valence-corrected chi connectivity index (χ4v) is 2.72. The van der Waals surface area contributed by atoms with Crippen LogP contribution in [0, 0.1) is 0 Å². The van der Waals surface area contributed by atoms with Gasteiger partial charge in [0.25, 0.3) is 0 Å². The van der Waals surface area contributed by atoms with Crippen molar-refractivity contribution in [3.63, 3.8) is 0 Å². The van der Waals surface area contributed by atoms with Gasteiger partial charge in [0.1, 0.15) is 5.75 Å². The predicted octanol–water partition coefficient (Wildman–Crippen LogP) is 1.65. The first kappa shape index (κ1) is 18.6. The zero-order chi connectivity index (χ0) is 15.1. The summed E-state index contributed by atoms with van der Waals surface area (Å²) in [5.74, 6) is 1.91. The second kappa shape index (κ2) is 9.55. The molecule has 0 aromatic heterocycles. The van der Waals surface area contributed by atoms with Crippen LogP contribution in [-0.2, 0) is 14.3 Å². The van der Waals surface area contributed by atoms with Crippen LogP contribution in [0.5, 0.6) is 5.75 Å². The Bertz CT molecular complexity index is 492. The minimum atomic E-state index is -0.305. The highest BCUT2D eigenvalue weighted by Gasteiger charge is 2.22. The van der Waals surface area contributed by atoms with Crippen molar-refractivity contribution in [2.24, 2.45) is 0 Å². The average Bonchev–Trinajstić information content (AvgIpc) is 3.03. The van der Waals surface area contributed by atoms with Crippen LogP contribution in [0.3, 0.4) is 0 Å². The van der Waals surface area contributed by atoms with E-state index < -0.39 is 0 Å². The van der Waals surface area contributed by atoms with Gasteiger partial charge in [0.15, 0.2) is 0 Å².